The number of aromatic nitrogens is 1. The molecule has 2 heterocycles. The number of nitrogens with zero attached hydrogens (tertiary/aromatic N) is 1. The van der Waals surface area contributed by atoms with Gasteiger partial charge in [0.25, 0.3) is 0 Å². The highest BCUT2D eigenvalue weighted by atomic mass is 32.1. The number of fused-ring (bicyclic) bond motifs is 1. The van der Waals surface area contributed by atoms with Gasteiger partial charge in [0.15, 0.2) is 5.78 Å². The SMILES string of the molecule is CCOP(=O)(OCC)C(Nc1ccc2c(C)cc(=O)oc2c1)c1nccs1. The maximum Gasteiger partial charge on any atom is 0.359 e. The first kappa shape index (κ1) is 19.8. The molecular formula is C18H21N2O5PS. The van der Waals surface area contributed by atoms with Crippen LogP contribution in [0, 0.1) is 6.92 Å². The summed E-state index contributed by atoms with van der Waals surface area (Å²) in [7, 11) is -3.52. The molecule has 2 aromatic heterocycles. The summed E-state index contributed by atoms with van der Waals surface area (Å²) in [5.74, 6) is -0.772. The number of hydrogen-bond donors (Lipinski definition) is 1. The largest absolute Gasteiger partial charge is 0.423 e. The first-order valence-electron chi connectivity index (χ1n) is 8.56. The van der Waals surface area contributed by atoms with E-state index in [1.807, 2.05) is 19.1 Å². The normalized spacial score (nSPS) is 13.0. The molecule has 0 saturated carbocycles. The van der Waals surface area contributed by atoms with Crippen molar-refractivity contribution in [1.82, 2.24) is 4.98 Å². The monoisotopic (exact) mass is 408 g/mol. The van der Waals surface area contributed by atoms with Crippen LogP contribution in [0.25, 0.3) is 11.0 Å². The van der Waals surface area contributed by atoms with Crippen LogP contribution in [0.15, 0.2) is 45.1 Å². The Morgan fingerprint density at radius 1 is 1.26 bits per heavy atom. The summed E-state index contributed by atoms with van der Waals surface area (Å²) in [6.07, 6.45) is 1.64. The number of aryl methyl sites for hydroxylation is 1. The van der Waals surface area contributed by atoms with E-state index in [-0.39, 0.29) is 13.2 Å². The van der Waals surface area contributed by atoms with Crippen molar-refractivity contribution in [3.05, 3.63) is 56.8 Å². The van der Waals surface area contributed by atoms with Crippen LogP contribution >= 0.6 is 18.9 Å². The lowest BCUT2D eigenvalue weighted by atomic mass is 10.1. The minimum Gasteiger partial charge on any atom is -0.423 e. The summed E-state index contributed by atoms with van der Waals surface area (Å²) >= 11 is 1.36. The average molecular weight is 408 g/mol. The fraction of sp³-hybridized carbons (Fsp3) is 0.333. The predicted molar refractivity (Wildman–Crippen MR) is 107 cm³/mol. The Balaban J connectivity index is 2.03. The molecule has 0 aliphatic heterocycles. The van der Waals surface area contributed by atoms with Gasteiger partial charge in [-0.05, 0) is 38.5 Å². The second kappa shape index (κ2) is 8.35. The fourth-order valence-electron chi connectivity index (χ4n) is 2.76. The fourth-order valence-corrected chi connectivity index (χ4v) is 5.64. The Hall–Kier alpha value is -1.99. The van der Waals surface area contributed by atoms with E-state index in [0.717, 1.165) is 10.9 Å². The molecule has 1 N–H and O–H groups in total. The van der Waals surface area contributed by atoms with Gasteiger partial charge in [-0.3, -0.25) is 4.57 Å². The van der Waals surface area contributed by atoms with Crippen molar-refractivity contribution in [2.24, 2.45) is 0 Å². The summed E-state index contributed by atoms with van der Waals surface area (Å²) < 4.78 is 29.7. The topological polar surface area (TPSA) is 90.7 Å². The number of thiazole rings is 1. The molecule has 0 aliphatic carbocycles. The van der Waals surface area contributed by atoms with Gasteiger partial charge in [0.05, 0.1) is 13.2 Å². The van der Waals surface area contributed by atoms with Crippen LogP contribution in [0.5, 0.6) is 0 Å². The van der Waals surface area contributed by atoms with Crippen molar-refractivity contribution in [3.8, 4) is 0 Å². The van der Waals surface area contributed by atoms with E-state index in [1.165, 1.54) is 17.4 Å². The van der Waals surface area contributed by atoms with Gasteiger partial charge in [-0.2, -0.15) is 0 Å². The van der Waals surface area contributed by atoms with E-state index in [0.29, 0.717) is 16.3 Å². The quantitative estimate of drug-likeness (QED) is 0.417. The predicted octanol–water partition coefficient (Wildman–Crippen LogP) is 4.93. The summed E-state index contributed by atoms with van der Waals surface area (Å²) in [5, 5.41) is 6.42. The molecule has 9 heteroatoms. The van der Waals surface area contributed by atoms with Gasteiger partial charge in [-0.25, -0.2) is 9.78 Å². The molecule has 144 valence electrons. The maximum atomic E-state index is 13.4. The Morgan fingerprint density at radius 3 is 2.63 bits per heavy atom. The third-order valence-electron chi connectivity index (χ3n) is 3.87. The van der Waals surface area contributed by atoms with Crippen LogP contribution in [0.2, 0.25) is 0 Å². The van der Waals surface area contributed by atoms with E-state index in [2.05, 4.69) is 10.3 Å². The standard InChI is InChI=1S/C18H21N2O5PS/c1-4-23-26(22,24-5-2)17(18-19-8-9-27-18)20-13-6-7-14-12(3)10-16(21)25-15(14)11-13/h6-11,17,20H,4-5H2,1-3H3. The molecule has 7 nitrogen and oxygen atoms in total. The Labute approximate surface area is 160 Å². The second-order valence-electron chi connectivity index (χ2n) is 5.75. The summed E-state index contributed by atoms with van der Waals surface area (Å²) in [6, 6.07) is 6.83. The maximum absolute atomic E-state index is 13.4. The van der Waals surface area contributed by atoms with Crippen LogP contribution in [0.1, 0.15) is 30.2 Å². The lowest BCUT2D eigenvalue weighted by molar-refractivity contribution is 0.214. The lowest BCUT2D eigenvalue weighted by Crippen LogP contribution is -2.15. The lowest BCUT2D eigenvalue weighted by Gasteiger charge is -2.26. The van der Waals surface area contributed by atoms with Crippen molar-refractivity contribution >= 4 is 35.6 Å². The molecule has 0 bridgehead atoms. The third kappa shape index (κ3) is 4.30. The summed E-state index contributed by atoms with van der Waals surface area (Å²) in [4.78, 5) is 16.0. The zero-order chi connectivity index (χ0) is 19.4. The van der Waals surface area contributed by atoms with Gasteiger partial charge < -0.3 is 18.8 Å². The Kier molecular flexibility index (Phi) is 6.11. The second-order valence-corrected chi connectivity index (χ2v) is 8.79. The highest BCUT2D eigenvalue weighted by Gasteiger charge is 2.39. The van der Waals surface area contributed by atoms with Crippen LogP contribution in [-0.2, 0) is 13.6 Å². The molecule has 3 rings (SSSR count). The molecule has 0 saturated heterocycles. The average Bonchev–Trinajstić information content (AvgIpc) is 3.13. The van der Waals surface area contributed by atoms with E-state index >= 15 is 0 Å². The molecule has 0 fully saturated rings. The van der Waals surface area contributed by atoms with Crippen molar-refractivity contribution in [1.29, 1.82) is 0 Å². The number of anilines is 1. The van der Waals surface area contributed by atoms with Crippen LogP contribution in [-0.4, -0.2) is 18.2 Å². The molecule has 0 amide bonds. The highest BCUT2D eigenvalue weighted by Crippen LogP contribution is 2.61. The van der Waals surface area contributed by atoms with Gasteiger partial charge in [-0.15, -0.1) is 11.3 Å². The number of benzene rings is 1. The zero-order valence-electron chi connectivity index (χ0n) is 15.3. The number of nitrogens with one attached hydrogen (secondary N) is 1. The Morgan fingerprint density at radius 2 is 2.00 bits per heavy atom. The molecule has 0 radical (unpaired) electrons. The van der Waals surface area contributed by atoms with Crippen LogP contribution in [0.4, 0.5) is 5.69 Å². The van der Waals surface area contributed by atoms with Crippen molar-refractivity contribution in [2.45, 2.75) is 26.6 Å². The van der Waals surface area contributed by atoms with Gasteiger partial charge in [0.1, 0.15) is 10.6 Å². The molecule has 27 heavy (non-hydrogen) atoms. The molecule has 0 spiro atoms. The van der Waals surface area contributed by atoms with Gasteiger partial charge in [0, 0.05) is 34.8 Å². The first-order chi connectivity index (χ1) is 13.0. The minimum absolute atomic E-state index is 0.243. The summed E-state index contributed by atoms with van der Waals surface area (Å²) in [6.45, 7) is 5.86. The third-order valence-corrected chi connectivity index (χ3v) is 7.13. The van der Waals surface area contributed by atoms with Gasteiger partial charge in [-0.1, -0.05) is 0 Å². The molecule has 1 atom stereocenters. The van der Waals surface area contributed by atoms with Crippen LogP contribution < -0.4 is 10.9 Å². The van der Waals surface area contributed by atoms with Gasteiger partial charge >= 0.3 is 13.2 Å². The smallest absolute Gasteiger partial charge is 0.359 e. The first-order valence-corrected chi connectivity index (χ1v) is 11.0. The zero-order valence-corrected chi connectivity index (χ0v) is 17.0. The number of hydrogen-bond acceptors (Lipinski definition) is 8. The van der Waals surface area contributed by atoms with Crippen molar-refractivity contribution < 1.29 is 18.0 Å². The number of rotatable bonds is 8. The molecule has 1 aromatic carbocycles. The van der Waals surface area contributed by atoms with Crippen molar-refractivity contribution in [2.75, 3.05) is 18.5 Å². The minimum atomic E-state index is -3.52. The molecule has 3 aromatic rings. The Bertz CT molecular complexity index is 1010. The van der Waals surface area contributed by atoms with E-state index < -0.39 is 19.0 Å². The molecule has 0 aliphatic rings. The van der Waals surface area contributed by atoms with Gasteiger partial charge in [0.2, 0.25) is 0 Å². The van der Waals surface area contributed by atoms with E-state index in [1.54, 1.807) is 31.5 Å². The highest BCUT2D eigenvalue weighted by molar-refractivity contribution is 7.54. The summed E-state index contributed by atoms with van der Waals surface area (Å²) in [5.41, 5.74) is 1.49. The molecular weight excluding hydrogens is 387 g/mol. The van der Waals surface area contributed by atoms with E-state index in [9.17, 15) is 9.36 Å². The van der Waals surface area contributed by atoms with Crippen molar-refractivity contribution in [3.63, 3.8) is 0 Å². The van der Waals surface area contributed by atoms with E-state index in [4.69, 9.17) is 13.5 Å². The van der Waals surface area contributed by atoms with Crippen LogP contribution in [0.3, 0.4) is 0 Å². The molecule has 1 unspecified atom stereocenters.